The zero-order chi connectivity index (χ0) is 23.1. The second-order valence-electron chi connectivity index (χ2n) is 10.8. The topological polar surface area (TPSA) is 32.7 Å². The van der Waals surface area contributed by atoms with Crippen LogP contribution in [-0.4, -0.2) is 41.3 Å². The molecule has 2 aliphatic carbocycles. The molecule has 1 unspecified atom stereocenters. The molecular formula is C30H43NO2. The van der Waals surface area contributed by atoms with Crippen molar-refractivity contribution >= 4 is 0 Å². The van der Waals surface area contributed by atoms with Gasteiger partial charge in [-0.3, -0.25) is 4.90 Å². The summed E-state index contributed by atoms with van der Waals surface area (Å²) in [6, 6.07) is 20.3. The molecule has 2 fully saturated rings. The van der Waals surface area contributed by atoms with E-state index in [2.05, 4.69) is 61.2 Å². The van der Waals surface area contributed by atoms with Crippen LogP contribution in [0.4, 0.5) is 0 Å². The lowest BCUT2D eigenvalue weighted by atomic mass is 9.78. The number of aliphatic hydroxyl groups is 1. The first kappa shape index (κ1) is 24.3. The van der Waals surface area contributed by atoms with Gasteiger partial charge in [-0.25, -0.2) is 0 Å². The Kier molecular flexibility index (Phi) is 8.49. The number of hydrogen-bond acceptors (Lipinski definition) is 3. The van der Waals surface area contributed by atoms with E-state index in [1.54, 1.807) is 0 Å². The lowest BCUT2D eigenvalue weighted by Crippen LogP contribution is -2.49. The van der Waals surface area contributed by atoms with Crippen molar-refractivity contribution < 1.29 is 9.84 Å². The van der Waals surface area contributed by atoms with Gasteiger partial charge in [0, 0.05) is 24.0 Å². The molecule has 1 atom stereocenters. The maximum Gasteiger partial charge on any atom is 0.119 e. The van der Waals surface area contributed by atoms with Crippen LogP contribution in [0.5, 0.6) is 5.75 Å². The van der Waals surface area contributed by atoms with E-state index in [-0.39, 0.29) is 5.41 Å². The summed E-state index contributed by atoms with van der Waals surface area (Å²) in [5, 5.41) is 10.9. The average molecular weight is 450 g/mol. The lowest BCUT2D eigenvalue weighted by Gasteiger charge is -2.42. The lowest BCUT2D eigenvalue weighted by molar-refractivity contribution is 0.0117. The van der Waals surface area contributed by atoms with Crippen LogP contribution >= 0.6 is 0 Å². The van der Waals surface area contributed by atoms with Crippen LogP contribution in [-0.2, 0) is 5.41 Å². The van der Waals surface area contributed by atoms with Crippen molar-refractivity contribution in [2.75, 3.05) is 13.2 Å². The fourth-order valence-corrected chi connectivity index (χ4v) is 5.90. The summed E-state index contributed by atoms with van der Waals surface area (Å²) in [5.74, 6) is 0.837. The van der Waals surface area contributed by atoms with Gasteiger partial charge >= 0.3 is 0 Å². The minimum atomic E-state index is -0.450. The smallest absolute Gasteiger partial charge is 0.119 e. The summed E-state index contributed by atoms with van der Waals surface area (Å²) in [6.07, 6.45) is 12.8. The number of nitrogens with zero attached hydrogens (tertiary/aromatic N) is 1. The molecule has 180 valence electrons. The van der Waals surface area contributed by atoms with Gasteiger partial charge in [0.1, 0.15) is 18.5 Å². The van der Waals surface area contributed by atoms with E-state index in [9.17, 15) is 5.11 Å². The van der Waals surface area contributed by atoms with Crippen LogP contribution in [0.1, 0.15) is 89.2 Å². The van der Waals surface area contributed by atoms with Gasteiger partial charge < -0.3 is 9.84 Å². The van der Waals surface area contributed by atoms with Crippen molar-refractivity contribution in [2.45, 2.75) is 102 Å². The Morgan fingerprint density at radius 3 is 1.85 bits per heavy atom. The minimum absolute atomic E-state index is 0.0558. The van der Waals surface area contributed by atoms with Gasteiger partial charge in [-0.2, -0.15) is 0 Å². The summed E-state index contributed by atoms with van der Waals surface area (Å²) < 4.78 is 6.04. The quantitative estimate of drug-likeness (QED) is 0.461. The highest BCUT2D eigenvalue weighted by molar-refractivity contribution is 5.39. The summed E-state index contributed by atoms with van der Waals surface area (Å²) in [7, 11) is 0. The summed E-state index contributed by atoms with van der Waals surface area (Å²) >= 11 is 0. The van der Waals surface area contributed by atoms with Crippen LogP contribution in [0.2, 0.25) is 0 Å². The molecule has 2 aromatic carbocycles. The molecule has 0 amide bonds. The molecule has 3 nitrogen and oxygen atoms in total. The van der Waals surface area contributed by atoms with E-state index in [0.29, 0.717) is 18.7 Å². The highest BCUT2D eigenvalue weighted by atomic mass is 16.5. The first-order valence-corrected chi connectivity index (χ1v) is 13.3. The Morgan fingerprint density at radius 2 is 1.30 bits per heavy atom. The zero-order valence-electron chi connectivity index (χ0n) is 20.7. The SMILES string of the molecule is CC(C)(c1ccccc1)c1ccc(OCC(O)CN(C2CCCCC2)C2CCCCC2)cc1. The van der Waals surface area contributed by atoms with Crippen LogP contribution in [0, 0.1) is 0 Å². The van der Waals surface area contributed by atoms with E-state index < -0.39 is 6.10 Å². The number of ether oxygens (including phenoxy) is 1. The Hall–Kier alpha value is -1.84. The highest BCUT2D eigenvalue weighted by Crippen LogP contribution is 2.33. The Balaban J connectivity index is 1.33. The maximum atomic E-state index is 10.9. The molecule has 0 bridgehead atoms. The Labute approximate surface area is 201 Å². The monoisotopic (exact) mass is 449 g/mol. The van der Waals surface area contributed by atoms with Crippen molar-refractivity contribution in [3.05, 3.63) is 65.7 Å². The van der Waals surface area contributed by atoms with E-state index in [1.807, 2.05) is 12.1 Å². The first-order chi connectivity index (χ1) is 16.0. The third-order valence-corrected chi connectivity index (χ3v) is 8.02. The van der Waals surface area contributed by atoms with Crippen molar-refractivity contribution in [3.8, 4) is 5.75 Å². The van der Waals surface area contributed by atoms with Crippen LogP contribution in [0.3, 0.4) is 0 Å². The van der Waals surface area contributed by atoms with Crippen molar-refractivity contribution in [3.63, 3.8) is 0 Å². The van der Waals surface area contributed by atoms with Crippen LogP contribution < -0.4 is 4.74 Å². The third-order valence-electron chi connectivity index (χ3n) is 8.02. The molecule has 0 radical (unpaired) electrons. The van der Waals surface area contributed by atoms with Gasteiger partial charge in [0.25, 0.3) is 0 Å². The van der Waals surface area contributed by atoms with Gasteiger partial charge in [0.15, 0.2) is 0 Å². The average Bonchev–Trinajstić information content (AvgIpc) is 2.88. The number of aliphatic hydroxyl groups excluding tert-OH is 1. The Bertz CT molecular complexity index is 802. The molecule has 2 saturated carbocycles. The predicted octanol–water partition coefficient (Wildman–Crippen LogP) is 6.72. The van der Waals surface area contributed by atoms with Crippen molar-refractivity contribution in [1.29, 1.82) is 0 Å². The molecule has 1 N–H and O–H groups in total. The molecule has 0 aromatic heterocycles. The summed E-state index contributed by atoms with van der Waals surface area (Å²) in [6.45, 7) is 5.62. The molecule has 0 heterocycles. The van der Waals surface area contributed by atoms with Gasteiger partial charge in [-0.1, -0.05) is 94.8 Å². The number of benzene rings is 2. The van der Waals surface area contributed by atoms with Crippen molar-refractivity contribution in [2.24, 2.45) is 0 Å². The normalized spacial score (nSPS) is 19.5. The summed E-state index contributed by atoms with van der Waals surface area (Å²) in [5.41, 5.74) is 2.52. The zero-order valence-corrected chi connectivity index (χ0v) is 20.7. The standard InChI is InChI=1S/C30H43NO2/c1-30(2,24-12-6-3-7-13-24)25-18-20-29(21-19-25)33-23-28(32)22-31(26-14-8-4-9-15-26)27-16-10-5-11-17-27/h3,6-7,12-13,18-21,26-28,32H,4-5,8-11,14-17,22-23H2,1-2H3. The van der Waals surface area contributed by atoms with E-state index in [4.69, 9.17) is 4.74 Å². The Morgan fingerprint density at radius 1 is 0.788 bits per heavy atom. The predicted molar refractivity (Wildman–Crippen MR) is 137 cm³/mol. The fourth-order valence-electron chi connectivity index (χ4n) is 5.90. The summed E-state index contributed by atoms with van der Waals surface area (Å²) in [4.78, 5) is 2.66. The fraction of sp³-hybridized carbons (Fsp3) is 0.600. The molecule has 3 heteroatoms. The van der Waals surface area contributed by atoms with Gasteiger partial charge in [-0.05, 0) is 48.9 Å². The number of rotatable bonds is 9. The third kappa shape index (κ3) is 6.39. The highest BCUT2D eigenvalue weighted by Gasteiger charge is 2.30. The largest absolute Gasteiger partial charge is 0.491 e. The van der Waals surface area contributed by atoms with Gasteiger partial charge in [0.2, 0.25) is 0 Å². The number of hydrogen-bond donors (Lipinski definition) is 1. The van der Waals surface area contributed by atoms with Crippen molar-refractivity contribution in [1.82, 2.24) is 4.90 Å². The van der Waals surface area contributed by atoms with E-state index >= 15 is 0 Å². The molecular weight excluding hydrogens is 406 g/mol. The van der Waals surface area contributed by atoms with Crippen LogP contribution in [0.25, 0.3) is 0 Å². The molecule has 2 aromatic rings. The van der Waals surface area contributed by atoms with Gasteiger partial charge in [0.05, 0.1) is 0 Å². The molecule has 0 saturated heterocycles. The van der Waals surface area contributed by atoms with E-state index in [0.717, 1.165) is 12.3 Å². The molecule has 2 aliphatic rings. The second-order valence-corrected chi connectivity index (χ2v) is 10.8. The van der Waals surface area contributed by atoms with Gasteiger partial charge in [-0.15, -0.1) is 0 Å². The van der Waals surface area contributed by atoms with E-state index in [1.165, 1.54) is 75.3 Å². The minimum Gasteiger partial charge on any atom is -0.491 e. The molecule has 33 heavy (non-hydrogen) atoms. The molecule has 0 spiro atoms. The molecule has 4 rings (SSSR count). The second kappa shape index (κ2) is 11.5. The maximum absolute atomic E-state index is 10.9. The van der Waals surface area contributed by atoms with Crippen LogP contribution in [0.15, 0.2) is 54.6 Å². The molecule has 0 aliphatic heterocycles. The first-order valence-electron chi connectivity index (χ1n) is 13.3.